The number of fused-ring (bicyclic) bond motifs is 1. The van der Waals surface area contributed by atoms with Crippen molar-refractivity contribution in [3.8, 4) is 0 Å². The third-order valence-corrected chi connectivity index (χ3v) is 3.65. The van der Waals surface area contributed by atoms with E-state index in [2.05, 4.69) is 21.8 Å². The highest BCUT2D eigenvalue weighted by molar-refractivity contribution is 5.88. The Labute approximate surface area is 105 Å². The first-order valence-corrected chi connectivity index (χ1v) is 6.20. The number of nitrogens with one attached hydrogen (secondary N) is 1. The van der Waals surface area contributed by atoms with Crippen molar-refractivity contribution in [2.24, 2.45) is 0 Å². The average molecular weight is 244 g/mol. The Morgan fingerprint density at radius 2 is 2.33 bits per heavy atom. The predicted octanol–water partition coefficient (Wildman–Crippen LogP) is 1.49. The second-order valence-electron chi connectivity index (χ2n) is 4.84. The second-order valence-corrected chi connectivity index (χ2v) is 4.84. The zero-order valence-corrected chi connectivity index (χ0v) is 10.3. The smallest absolute Gasteiger partial charge is 0.258 e. The van der Waals surface area contributed by atoms with Crippen LogP contribution in [0.15, 0.2) is 23.3 Å². The number of nitrogen functional groups attached to an aromatic ring is 1. The number of hydrogen-bond donors (Lipinski definition) is 2. The summed E-state index contributed by atoms with van der Waals surface area (Å²) < 4.78 is 0. The molecule has 1 fully saturated rings. The molecule has 0 bridgehead atoms. The maximum Gasteiger partial charge on any atom is 0.258 e. The van der Waals surface area contributed by atoms with Crippen molar-refractivity contribution in [1.29, 1.82) is 0 Å². The van der Waals surface area contributed by atoms with E-state index in [0.717, 1.165) is 12.2 Å². The summed E-state index contributed by atoms with van der Waals surface area (Å²) in [5.41, 5.74) is 8.27. The van der Waals surface area contributed by atoms with E-state index in [-0.39, 0.29) is 5.56 Å². The molecule has 2 aromatic rings. The summed E-state index contributed by atoms with van der Waals surface area (Å²) in [7, 11) is 0. The van der Waals surface area contributed by atoms with Gasteiger partial charge in [0.15, 0.2) is 0 Å². The number of benzene rings is 1. The molecule has 94 valence electrons. The van der Waals surface area contributed by atoms with Crippen LogP contribution in [0, 0.1) is 0 Å². The second kappa shape index (κ2) is 4.01. The van der Waals surface area contributed by atoms with Crippen molar-refractivity contribution in [1.82, 2.24) is 9.97 Å². The van der Waals surface area contributed by atoms with Gasteiger partial charge in [-0.2, -0.15) is 0 Å². The normalized spacial score (nSPS) is 19.6. The largest absolute Gasteiger partial charge is 0.397 e. The molecule has 1 aromatic carbocycles. The average Bonchev–Trinajstić information content (AvgIpc) is 2.76. The molecule has 0 radical (unpaired) electrons. The number of aromatic nitrogens is 2. The SMILES string of the molecule is CC1CCCN1c1cc2nc[nH]c(=O)c2cc1N. The quantitative estimate of drug-likeness (QED) is 0.745. The van der Waals surface area contributed by atoms with E-state index in [1.807, 2.05) is 6.07 Å². The van der Waals surface area contributed by atoms with Crippen LogP contribution in [0.5, 0.6) is 0 Å². The molecule has 18 heavy (non-hydrogen) atoms. The summed E-state index contributed by atoms with van der Waals surface area (Å²) in [5.74, 6) is 0. The molecule has 1 aliphatic heterocycles. The first-order chi connectivity index (χ1) is 8.66. The van der Waals surface area contributed by atoms with Gasteiger partial charge in [0.2, 0.25) is 0 Å². The molecule has 0 amide bonds. The Morgan fingerprint density at radius 3 is 3.06 bits per heavy atom. The zero-order chi connectivity index (χ0) is 12.7. The van der Waals surface area contributed by atoms with Crippen LogP contribution in [0.3, 0.4) is 0 Å². The van der Waals surface area contributed by atoms with Crippen LogP contribution >= 0.6 is 0 Å². The molecule has 5 heteroatoms. The Kier molecular flexibility index (Phi) is 2.47. The van der Waals surface area contributed by atoms with Crippen molar-refractivity contribution in [3.05, 3.63) is 28.8 Å². The highest BCUT2D eigenvalue weighted by atomic mass is 16.1. The highest BCUT2D eigenvalue weighted by Crippen LogP contribution is 2.32. The van der Waals surface area contributed by atoms with Gasteiger partial charge in [-0.3, -0.25) is 4.79 Å². The highest BCUT2D eigenvalue weighted by Gasteiger charge is 2.22. The first-order valence-electron chi connectivity index (χ1n) is 6.20. The number of aromatic amines is 1. The van der Waals surface area contributed by atoms with E-state index in [9.17, 15) is 4.79 Å². The molecule has 5 nitrogen and oxygen atoms in total. The monoisotopic (exact) mass is 244 g/mol. The van der Waals surface area contributed by atoms with Gasteiger partial charge in [0.25, 0.3) is 5.56 Å². The number of anilines is 2. The van der Waals surface area contributed by atoms with E-state index in [4.69, 9.17) is 5.73 Å². The van der Waals surface area contributed by atoms with Crippen LogP contribution in [-0.4, -0.2) is 22.6 Å². The minimum Gasteiger partial charge on any atom is -0.397 e. The summed E-state index contributed by atoms with van der Waals surface area (Å²) in [6.45, 7) is 3.21. The van der Waals surface area contributed by atoms with Gasteiger partial charge in [-0.05, 0) is 31.9 Å². The lowest BCUT2D eigenvalue weighted by molar-refractivity contribution is 0.736. The van der Waals surface area contributed by atoms with Gasteiger partial charge in [-0.25, -0.2) is 4.98 Å². The summed E-state index contributed by atoms with van der Waals surface area (Å²) in [6, 6.07) is 4.13. The Bertz CT molecular complexity index is 649. The van der Waals surface area contributed by atoms with Crippen molar-refractivity contribution >= 4 is 22.3 Å². The van der Waals surface area contributed by atoms with Crippen LogP contribution in [0.1, 0.15) is 19.8 Å². The van der Waals surface area contributed by atoms with Crippen molar-refractivity contribution < 1.29 is 0 Å². The molecule has 0 spiro atoms. The van der Waals surface area contributed by atoms with Gasteiger partial charge in [0, 0.05) is 12.6 Å². The standard InChI is InChI=1S/C13H16N4O/c1-8-3-2-4-17(8)12-6-11-9(5-10(12)14)13(18)16-7-15-11/h5-8H,2-4,14H2,1H3,(H,15,16,18). The van der Waals surface area contributed by atoms with Gasteiger partial charge >= 0.3 is 0 Å². The minimum absolute atomic E-state index is 0.146. The van der Waals surface area contributed by atoms with E-state index in [1.165, 1.54) is 19.2 Å². The van der Waals surface area contributed by atoms with Gasteiger partial charge in [0.05, 0.1) is 28.6 Å². The Morgan fingerprint density at radius 1 is 1.50 bits per heavy atom. The molecule has 0 aliphatic carbocycles. The van der Waals surface area contributed by atoms with Crippen molar-refractivity contribution in [2.75, 3.05) is 17.2 Å². The summed E-state index contributed by atoms with van der Waals surface area (Å²) >= 11 is 0. The van der Waals surface area contributed by atoms with Gasteiger partial charge < -0.3 is 15.6 Å². The Balaban J connectivity index is 2.19. The number of rotatable bonds is 1. The number of nitrogens with two attached hydrogens (primary N) is 1. The van der Waals surface area contributed by atoms with Crippen molar-refractivity contribution in [3.63, 3.8) is 0 Å². The van der Waals surface area contributed by atoms with Crippen LogP contribution in [0.25, 0.3) is 10.9 Å². The van der Waals surface area contributed by atoms with Gasteiger partial charge in [-0.15, -0.1) is 0 Å². The van der Waals surface area contributed by atoms with Gasteiger partial charge in [0.1, 0.15) is 0 Å². The molecule has 1 aliphatic rings. The third kappa shape index (κ3) is 1.63. The predicted molar refractivity (Wildman–Crippen MR) is 72.8 cm³/mol. The number of hydrogen-bond acceptors (Lipinski definition) is 4. The molecule has 0 saturated carbocycles. The Hall–Kier alpha value is -2.04. The summed E-state index contributed by atoms with van der Waals surface area (Å²) in [5, 5.41) is 0.547. The third-order valence-electron chi connectivity index (χ3n) is 3.65. The van der Waals surface area contributed by atoms with Crippen LogP contribution < -0.4 is 16.2 Å². The summed E-state index contributed by atoms with van der Waals surface area (Å²) in [4.78, 5) is 20.7. The lowest BCUT2D eigenvalue weighted by Crippen LogP contribution is -2.27. The minimum atomic E-state index is -0.146. The van der Waals surface area contributed by atoms with Crippen LogP contribution in [0.4, 0.5) is 11.4 Å². The van der Waals surface area contributed by atoms with Gasteiger partial charge in [-0.1, -0.05) is 0 Å². The van der Waals surface area contributed by atoms with Crippen molar-refractivity contribution in [2.45, 2.75) is 25.8 Å². The fourth-order valence-corrected chi connectivity index (χ4v) is 2.66. The molecule has 1 saturated heterocycles. The fraction of sp³-hybridized carbons (Fsp3) is 0.385. The molecule has 1 unspecified atom stereocenters. The number of H-pyrrole nitrogens is 1. The van der Waals surface area contributed by atoms with E-state index in [1.54, 1.807) is 6.07 Å². The molecular weight excluding hydrogens is 228 g/mol. The topological polar surface area (TPSA) is 75.0 Å². The van der Waals surface area contributed by atoms with Crippen LogP contribution in [-0.2, 0) is 0 Å². The van der Waals surface area contributed by atoms with E-state index >= 15 is 0 Å². The van der Waals surface area contributed by atoms with E-state index < -0.39 is 0 Å². The number of nitrogens with zero attached hydrogens (tertiary/aromatic N) is 2. The lowest BCUT2D eigenvalue weighted by atomic mass is 10.1. The summed E-state index contributed by atoms with van der Waals surface area (Å²) in [6.07, 6.45) is 3.79. The molecule has 1 atom stereocenters. The molecule has 3 rings (SSSR count). The lowest BCUT2D eigenvalue weighted by Gasteiger charge is -2.25. The molecule has 2 heterocycles. The maximum atomic E-state index is 11.7. The molecule has 3 N–H and O–H groups in total. The van der Waals surface area contributed by atoms with E-state index in [0.29, 0.717) is 22.6 Å². The first kappa shape index (κ1) is 11.1. The zero-order valence-electron chi connectivity index (χ0n) is 10.3. The fourth-order valence-electron chi connectivity index (χ4n) is 2.66. The van der Waals surface area contributed by atoms with Crippen LogP contribution in [0.2, 0.25) is 0 Å². The molecular formula is C13H16N4O. The molecule has 1 aromatic heterocycles. The maximum absolute atomic E-state index is 11.7.